The van der Waals surface area contributed by atoms with E-state index in [1.165, 1.54) is 11.8 Å². The Morgan fingerprint density at radius 3 is 2.92 bits per heavy atom. The molecule has 8 heteroatoms. The van der Waals surface area contributed by atoms with E-state index in [2.05, 4.69) is 10.6 Å². The zero-order valence-electron chi connectivity index (χ0n) is 13.0. The second-order valence-electron chi connectivity index (χ2n) is 5.86. The number of hydrogen-bond acceptors (Lipinski definition) is 4. The Kier molecular flexibility index (Phi) is 5.30. The highest BCUT2D eigenvalue weighted by atomic mass is 35.5. The first kappa shape index (κ1) is 17.1. The van der Waals surface area contributed by atoms with Crippen LogP contribution in [0.15, 0.2) is 24.3 Å². The predicted molar refractivity (Wildman–Crippen MR) is 92.7 cm³/mol. The van der Waals surface area contributed by atoms with E-state index >= 15 is 0 Å². The molecule has 0 unspecified atom stereocenters. The van der Waals surface area contributed by atoms with Gasteiger partial charge in [0.05, 0.1) is 12.3 Å². The Hall–Kier alpha value is -1.73. The fourth-order valence-electron chi connectivity index (χ4n) is 2.99. The largest absolute Gasteiger partial charge is 0.351 e. The molecule has 0 saturated carbocycles. The van der Waals surface area contributed by atoms with Crippen LogP contribution in [0.1, 0.15) is 12.0 Å². The van der Waals surface area contributed by atoms with E-state index in [0.717, 1.165) is 5.56 Å². The molecule has 0 aromatic heterocycles. The lowest BCUT2D eigenvalue weighted by atomic mass is 10.1. The Morgan fingerprint density at radius 1 is 1.38 bits per heavy atom. The van der Waals surface area contributed by atoms with E-state index in [0.29, 0.717) is 29.5 Å². The molecule has 2 fully saturated rings. The summed E-state index contributed by atoms with van der Waals surface area (Å²) in [7, 11) is 0. The molecular weight excluding hydrogens is 350 g/mol. The lowest BCUT2D eigenvalue weighted by Gasteiger charge is -2.28. The second kappa shape index (κ2) is 7.44. The second-order valence-corrected chi connectivity index (χ2v) is 7.26. The zero-order valence-corrected chi connectivity index (χ0v) is 14.5. The summed E-state index contributed by atoms with van der Waals surface area (Å²) in [5, 5.41) is 6.18. The smallest absolute Gasteiger partial charge is 0.243 e. The van der Waals surface area contributed by atoms with Crippen LogP contribution in [0.3, 0.4) is 0 Å². The van der Waals surface area contributed by atoms with Crippen LogP contribution in [-0.2, 0) is 20.1 Å². The molecule has 24 heavy (non-hydrogen) atoms. The predicted octanol–water partition coefficient (Wildman–Crippen LogP) is 0.789. The summed E-state index contributed by atoms with van der Waals surface area (Å²) in [5.74, 6) is 0.647. The molecule has 1 aromatic carbocycles. The van der Waals surface area contributed by atoms with Gasteiger partial charge in [0.2, 0.25) is 17.7 Å². The van der Waals surface area contributed by atoms with Gasteiger partial charge in [-0.25, -0.2) is 0 Å². The topological polar surface area (TPSA) is 78.5 Å². The molecule has 0 aliphatic carbocycles. The molecule has 2 aliphatic heterocycles. The van der Waals surface area contributed by atoms with Crippen molar-refractivity contribution in [2.75, 3.05) is 18.8 Å². The molecule has 2 saturated heterocycles. The fraction of sp³-hybridized carbons (Fsp3) is 0.438. The minimum absolute atomic E-state index is 0.0453. The molecule has 128 valence electrons. The van der Waals surface area contributed by atoms with Crippen LogP contribution in [0.2, 0.25) is 5.02 Å². The number of nitrogens with zero attached hydrogens (tertiary/aromatic N) is 1. The Balaban J connectivity index is 1.45. The highest BCUT2D eigenvalue weighted by Gasteiger charge is 2.42. The molecule has 2 aliphatic rings. The number of piperazine rings is 1. The summed E-state index contributed by atoms with van der Waals surface area (Å²) in [6, 6.07) is 6.93. The van der Waals surface area contributed by atoms with E-state index in [1.807, 2.05) is 24.3 Å². The molecule has 2 heterocycles. The molecule has 0 spiro atoms. The first-order valence-electron chi connectivity index (χ1n) is 7.72. The number of nitrogens with one attached hydrogen (secondary N) is 2. The van der Waals surface area contributed by atoms with Gasteiger partial charge in [0.25, 0.3) is 0 Å². The van der Waals surface area contributed by atoms with E-state index in [1.54, 1.807) is 4.90 Å². The van der Waals surface area contributed by atoms with Gasteiger partial charge in [0.1, 0.15) is 6.04 Å². The molecule has 6 nitrogen and oxygen atoms in total. The minimum Gasteiger partial charge on any atom is -0.351 e. The molecule has 0 radical (unpaired) electrons. The molecule has 2 atom stereocenters. The Morgan fingerprint density at radius 2 is 2.17 bits per heavy atom. The van der Waals surface area contributed by atoms with Crippen LogP contribution < -0.4 is 10.6 Å². The first-order chi connectivity index (χ1) is 11.5. The van der Waals surface area contributed by atoms with Crippen molar-refractivity contribution >= 4 is 41.1 Å². The summed E-state index contributed by atoms with van der Waals surface area (Å²) in [4.78, 5) is 37.2. The fourth-order valence-corrected chi connectivity index (χ4v) is 4.11. The molecule has 2 N–H and O–H groups in total. The third-order valence-electron chi connectivity index (χ3n) is 4.15. The summed E-state index contributed by atoms with van der Waals surface area (Å²) < 4.78 is 0. The van der Waals surface area contributed by atoms with E-state index in [-0.39, 0.29) is 30.3 Å². The van der Waals surface area contributed by atoms with Gasteiger partial charge in [0, 0.05) is 23.4 Å². The van der Waals surface area contributed by atoms with Gasteiger partial charge in [-0.3, -0.25) is 14.4 Å². The number of halogens is 1. The molecule has 1 aromatic rings. The van der Waals surface area contributed by atoms with Crippen LogP contribution in [0.4, 0.5) is 0 Å². The molecule has 3 rings (SSSR count). The van der Waals surface area contributed by atoms with Crippen molar-refractivity contribution in [2.24, 2.45) is 0 Å². The molecule has 0 bridgehead atoms. The van der Waals surface area contributed by atoms with Crippen molar-refractivity contribution in [3.63, 3.8) is 0 Å². The van der Waals surface area contributed by atoms with Crippen molar-refractivity contribution in [2.45, 2.75) is 24.3 Å². The van der Waals surface area contributed by atoms with Crippen LogP contribution >= 0.6 is 23.4 Å². The Labute approximate surface area is 149 Å². The number of carbonyl (C=O) groups is 3. The molecule has 3 amide bonds. The highest BCUT2D eigenvalue weighted by molar-refractivity contribution is 7.99. The normalized spacial score (nSPS) is 23.0. The maximum Gasteiger partial charge on any atom is 0.243 e. The monoisotopic (exact) mass is 367 g/mol. The van der Waals surface area contributed by atoms with Gasteiger partial charge in [-0.2, -0.15) is 0 Å². The van der Waals surface area contributed by atoms with Crippen molar-refractivity contribution in [3.05, 3.63) is 34.9 Å². The van der Waals surface area contributed by atoms with Crippen molar-refractivity contribution in [3.8, 4) is 0 Å². The summed E-state index contributed by atoms with van der Waals surface area (Å²) in [5.41, 5.74) is 0.997. The lowest BCUT2D eigenvalue weighted by molar-refractivity contribution is -0.143. The highest BCUT2D eigenvalue weighted by Crippen LogP contribution is 2.22. The van der Waals surface area contributed by atoms with Crippen LogP contribution in [0.5, 0.6) is 0 Å². The van der Waals surface area contributed by atoms with Gasteiger partial charge in [0.15, 0.2) is 0 Å². The number of hydrogen-bond donors (Lipinski definition) is 2. The number of amides is 3. The molecular formula is C16H18ClN3O3S. The first-order valence-corrected chi connectivity index (χ1v) is 9.25. The van der Waals surface area contributed by atoms with E-state index in [9.17, 15) is 14.4 Å². The number of thioether (sulfide) groups is 1. The number of carbonyl (C=O) groups excluding carboxylic acids is 3. The number of rotatable bonds is 5. The average Bonchev–Trinajstić information content (AvgIpc) is 2.98. The summed E-state index contributed by atoms with van der Waals surface area (Å²) in [6.45, 7) is 0.446. The van der Waals surface area contributed by atoms with Crippen molar-refractivity contribution < 1.29 is 14.4 Å². The van der Waals surface area contributed by atoms with Gasteiger partial charge < -0.3 is 15.5 Å². The maximum absolute atomic E-state index is 12.1. The Bertz CT molecular complexity index is 646. The average molecular weight is 368 g/mol. The quantitative estimate of drug-likeness (QED) is 0.806. The summed E-state index contributed by atoms with van der Waals surface area (Å²) >= 11 is 7.57. The van der Waals surface area contributed by atoms with Gasteiger partial charge >= 0.3 is 0 Å². The summed E-state index contributed by atoms with van der Waals surface area (Å²) in [6.07, 6.45) is 0.471. The minimum atomic E-state index is -0.452. The van der Waals surface area contributed by atoms with Gasteiger partial charge in [-0.05, 0) is 18.1 Å². The van der Waals surface area contributed by atoms with Crippen LogP contribution in [0.25, 0.3) is 0 Å². The van der Waals surface area contributed by atoms with Gasteiger partial charge in [-0.15, -0.1) is 11.8 Å². The SMILES string of the molecule is O=C(CSCc1ccccc1Cl)N[C@@H]1C[C@H]2C(=O)NCC(=O)N2C1. The van der Waals surface area contributed by atoms with E-state index in [4.69, 9.17) is 11.6 Å². The lowest BCUT2D eigenvalue weighted by Crippen LogP contribution is -2.55. The number of benzene rings is 1. The van der Waals surface area contributed by atoms with Gasteiger partial charge in [-0.1, -0.05) is 29.8 Å². The third-order valence-corrected chi connectivity index (χ3v) is 5.50. The standard InChI is InChI=1S/C16H18ClN3O3S/c17-12-4-2-1-3-10(12)8-24-9-14(21)19-11-5-13-16(23)18-6-15(22)20(13)7-11/h1-4,11,13H,5-9H2,(H,18,23)(H,19,21)/t11-,13+/m1/s1. The third kappa shape index (κ3) is 3.84. The van der Waals surface area contributed by atoms with Crippen molar-refractivity contribution in [1.29, 1.82) is 0 Å². The van der Waals surface area contributed by atoms with E-state index < -0.39 is 6.04 Å². The zero-order chi connectivity index (χ0) is 17.1. The maximum atomic E-state index is 12.1. The van der Waals surface area contributed by atoms with Crippen molar-refractivity contribution in [1.82, 2.24) is 15.5 Å². The van der Waals surface area contributed by atoms with Crippen LogP contribution in [-0.4, -0.2) is 53.5 Å². The number of fused-ring (bicyclic) bond motifs is 1. The van der Waals surface area contributed by atoms with Crippen LogP contribution in [0, 0.1) is 0 Å².